The molecule has 0 aromatic rings. The molecule has 278 valence electrons. The molecule has 0 saturated carbocycles. The summed E-state index contributed by atoms with van der Waals surface area (Å²) < 4.78 is 16.6. The van der Waals surface area contributed by atoms with Crippen LogP contribution in [0.1, 0.15) is 214 Å². The van der Waals surface area contributed by atoms with Crippen molar-refractivity contribution in [3.8, 4) is 0 Å². The van der Waals surface area contributed by atoms with E-state index in [0.717, 1.165) is 69.6 Å². The minimum absolute atomic E-state index is 0.0670. The van der Waals surface area contributed by atoms with Crippen molar-refractivity contribution in [2.75, 3.05) is 13.2 Å². The molecule has 0 rings (SSSR count). The monoisotopic (exact) mass is 667 g/mol. The van der Waals surface area contributed by atoms with Crippen molar-refractivity contribution in [3.63, 3.8) is 0 Å². The highest BCUT2D eigenvalue weighted by Crippen LogP contribution is 2.15. The van der Waals surface area contributed by atoms with Gasteiger partial charge in [0.25, 0.3) is 0 Å². The standard InChI is InChI=1S/C41H78O6/c1-6-7-8-9-14-23-28-33-41(44)47-38(35-46-40(43)32-27-22-18-17-20-25-30-37(4)5)34-45-39(42)31-26-21-16-13-11-10-12-15-19-24-29-36(2)3/h36-38H,6-35H2,1-5H3/t38-/m0/s1. The molecule has 0 aromatic heterocycles. The number of rotatable bonds is 35. The van der Waals surface area contributed by atoms with Gasteiger partial charge in [-0.1, -0.05) is 176 Å². The van der Waals surface area contributed by atoms with E-state index in [4.69, 9.17) is 14.2 Å². The summed E-state index contributed by atoms with van der Waals surface area (Å²) in [7, 11) is 0. The van der Waals surface area contributed by atoms with Gasteiger partial charge in [0, 0.05) is 19.3 Å². The Morgan fingerprint density at radius 3 is 1.04 bits per heavy atom. The Kier molecular flexibility index (Phi) is 33.1. The quantitative estimate of drug-likeness (QED) is 0.0380. The van der Waals surface area contributed by atoms with Gasteiger partial charge in [0.2, 0.25) is 0 Å². The van der Waals surface area contributed by atoms with E-state index in [9.17, 15) is 14.4 Å². The predicted octanol–water partition coefficient (Wildman–Crippen LogP) is 12.2. The number of carbonyl (C=O) groups is 3. The normalized spacial score (nSPS) is 12.1. The maximum absolute atomic E-state index is 12.5. The first-order valence-electron chi connectivity index (χ1n) is 20.2. The van der Waals surface area contributed by atoms with E-state index in [1.165, 1.54) is 103 Å². The van der Waals surface area contributed by atoms with Crippen molar-refractivity contribution >= 4 is 17.9 Å². The van der Waals surface area contributed by atoms with Crippen molar-refractivity contribution in [2.45, 2.75) is 221 Å². The summed E-state index contributed by atoms with van der Waals surface area (Å²) in [4.78, 5) is 37.3. The number of hydrogen-bond acceptors (Lipinski definition) is 6. The van der Waals surface area contributed by atoms with Crippen LogP contribution in [-0.2, 0) is 28.6 Å². The molecule has 0 bridgehead atoms. The van der Waals surface area contributed by atoms with E-state index in [2.05, 4.69) is 34.6 Å². The smallest absolute Gasteiger partial charge is 0.306 e. The van der Waals surface area contributed by atoms with Crippen LogP contribution in [0.15, 0.2) is 0 Å². The van der Waals surface area contributed by atoms with Gasteiger partial charge in [-0.3, -0.25) is 14.4 Å². The van der Waals surface area contributed by atoms with E-state index in [1.54, 1.807) is 0 Å². The van der Waals surface area contributed by atoms with Crippen molar-refractivity contribution in [3.05, 3.63) is 0 Å². The van der Waals surface area contributed by atoms with Crippen LogP contribution < -0.4 is 0 Å². The third-order valence-corrected chi connectivity index (χ3v) is 8.97. The predicted molar refractivity (Wildman–Crippen MR) is 196 cm³/mol. The van der Waals surface area contributed by atoms with Crippen molar-refractivity contribution in [1.82, 2.24) is 0 Å². The second-order valence-electron chi connectivity index (χ2n) is 14.9. The van der Waals surface area contributed by atoms with E-state index in [-0.39, 0.29) is 31.1 Å². The van der Waals surface area contributed by atoms with Crippen LogP contribution in [0.2, 0.25) is 0 Å². The molecule has 0 radical (unpaired) electrons. The van der Waals surface area contributed by atoms with Crippen molar-refractivity contribution in [1.29, 1.82) is 0 Å². The average molecular weight is 667 g/mol. The first-order valence-corrected chi connectivity index (χ1v) is 20.2. The molecule has 6 heteroatoms. The van der Waals surface area contributed by atoms with E-state index in [0.29, 0.717) is 19.3 Å². The molecule has 0 aliphatic heterocycles. The molecule has 0 aliphatic rings. The Balaban J connectivity index is 4.28. The van der Waals surface area contributed by atoms with Gasteiger partial charge in [0.05, 0.1) is 0 Å². The number of esters is 3. The maximum atomic E-state index is 12.5. The highest BCUT2D eigenvalue weighted by Gasteiger charge is 2.19. The Morgan fingerprint density at radius 1 is 0.404 bits per heavy atom. The van der Waals surface area contributed by atoms with Crippen LogP contribution in [0.4, 0.5) is 0 Å². The summed E-state index contributed by atoms with van der Waals surface area (Å²) in [6.45, 7) is 11.2. The summed E-state index contributed by atoms with van der Waals surface area (Å²) in [6, 6.07) is 0. The first-order chi connectivity index (χ1) is 22.7. The van der Waals surface area contributed by atoms with Gasteiger partial charge in [-0.05, 0) is 31.1 Å². The lowest BCUT2D eigenvalue weighted by molar-refractivity contribution is -0.167. The van der Waals surface area contributed by atoms with Gasteiger partial charge in [-0.2, -0.15) is 0 Å². The Hall–Kier alpha value is -1.59. The number of carbonyl (C=O) groups excluding carboxylic acids is 3. The fourth-order valence-electron chi connectivity index (χ4n) is 5.87. The minimum Gasteiger partial charge on any atom is -0.462 e. The van der Waals surface area contributed by atoms with Crippen LogP contribution >= 0.6 is 0 Å². The molecule has 0 amide bonds. The molecular formula is C41H78O6. The van der Waals surface area contributed by atoms with E-state index >= 15 is 0 Å². The lowest BCUT2D eigenvalue weighted by Gasteiger charge is -2.18. The van der Waals surface area contributed by atoms with Crippen LogP contribution in [0, 0.1) is 11.8 Å². The summed E-state index contributed by atoms with van der Waals surface area (Å²) in [5.41, 5.74) is 0. The Morgan fingerprint density at radius 2 is 0.702 bits per heavy atom. The van der Waals surface area contributed by atoms with Crippen molar-refractivity contribution in [2.24, 2.45) is 11.8 Å². The topological polar surface area (TPSA) is 78.9 Å². The third kappa shape index (κ3) is 35.5. The average Bonchev–Trinajstić information content (AvgIpc) is 3.03. The molecule has 1 atom stereocenters. The molecular weight excluding hydrogens is 588 g/mol. The summed E-state index contributed by atoms with van der Waals surface area (Å²) in [5, 5.41) is 0. The van der Waals surface area contributed by atoms with E-state index in [1.807, 2.05) is 0 Å². The molecule has 47 heavy (non-hydrogen) atoms. The van der Waals surface area contributed by atoms with E-state index < -0.39 is 6.10 Å². The Labute approximate surface area is 291 Å². The highest BCUT2D eigenvalue weighted by molar-refractivity contribution is 5.71. The second kappa shape index (κ2) is 34.3. The van der Waals surface area contributed by atoms with Gasteiger partial charge in [0.15, 0.2) is 6.10 Å². The number of hydrogen-bond donors (Lipinski definition) is 0. The first kappa shape index (κ1) is 45.4. The molecule has 0 heterocycles. The molecule has 0 N–H and O–H groups in total. The largest absolute Gasteiger partial charge is 0.462 e. The third-order valence-electron chi connectivity index (χ3n) is 8.97. The van der Waals surface area contributed by atoms with Crippen LogP contribution in [-0.4, -0.2) is 37.2 Å². The summed E-state index contributed by atoms with van der Waals surface area (Å²) in [5.74, 6) is 0.706. The van der Waals surface area contributed by atoms with Crippen molar-refractivity contribution < 1.29 is 28.6 Å². The fourth-order valence-corrected chi connectivity index (χ4v) is 5.87. The molecule has 6 nitrogen and oxygen atoms in total. The molecule has 0 aliphatic carbocycles. The van der Waals surface area contributed by atoms with Crippen LogP contribution in [0.25, 0.3) is 0 Å². The molecule has 0 aromatic carbocycles. The maximum Gasteiger partial charge on any atom is 0.306 e. The van der Waals surface area contributed by atoms with Gasteiger partial charge < -0.3 is 14.2 Å². The molecule has 0 unspecified atom stereocenters. The zero-order valence-corrected chi connectivity index (χ0v) is 31.9. The fraction of sp³-hybridized carbons (Fsp3) is 0.927. The zero-order chi connectivity index (χ0) is 34.8. The highest BCUT2D eigenvalue weighted by atomic mass is 16.6. The van der Waals surface area contributed by atoms with Gasteiger partial charge in [-0.25, -0.2) is 0 Å². The van der Waals surface area contributed by atoms with Gasteiger partial charge in [0.1, 0.15) is 13.2 Å². The second-order valence-corrected chi connectivity index (χ2v) is 14.9. The zero-order valence-electron chi connectivity index (χ0n) is 31.9. The number of unbranched alkanes of at least 4 members (excludes halogenated alkanes) is 20. The molecule has 0 spiro atoms. The summed E-state index contributed by atoms with van der Waals surface area (Å²) >= 11 is 0. The number of ether oxygens (including phenoxy) is 3. The van der Waals surface area contributed by atoms with Crippen LogP contribution in [0.3, 0.4) is 0 Å². The summed E-state index contributed by atoms with van der Waals surface area (Å²) in [6.07, 6.45) is 29.7. The lowest BCUT2D eigenvalue weighted by atomic mass is 10.0. The lowest BCUT2D eigenvalue weighted by Crippen LogP contribution is -2.30. The molecule has 0 saturated heterocycles. The Bertz CT molecular complexity index is 719. The SMILES string of the molecule is CCCCCCCCCC(=O)O[C@@H](COC(=O)CCCCCCCCCCCCC(C)C)COC(=O)CCCCCCCCC(C)C. The van der Waals surface area contributed by atoms with Gasteiger partial charge >= 0.3 is 17.9 Å². The van der Waals surface area contributed by atoms with Gasteiger partial charge in [-0.15, -0.1) is 0 Å². The van der Waals surface area contributed by atoms with Crippen LogP contribution in [0.5, 0.6) is 0 Å². The minimum atomic E-state index is -0.758. The molecule has 0 fully saturated rings.